The van der Waals surface area contributed by atoms with Crippen molar-refractivity contribution in [2.75, 3.05) is 13.1 Å². The highest BCUT2D eigenvalue weighted by molar-refractivity contribution is 5.50. The van der Waals surface area contributed by atoms with Crippen LogP contribution in [0.2, 0.25) is 0 Å². The van der Waals surface area contributed by atoms with Crippen LogP contribution in [0.1, 0.15) is 43.9 Å². The van der Waals surface area contributed by atoms with Crippen molar-refractivity contribution in [3.63, 3.8) is 0 Å². The zero-order chi connectivity index (χ0) is 13.0. The van der Waals surface area contributed by atoms with Crippen molar-refractivity contribution in [2.45, 2.75) is 46.0 Å². The molecule has 3 rings (SSSR count). The molecule has 1 saturated carbocycles. The van der Waals surface area contributed by atoms with Crippen LogP contribution >= 0.6 is 0 Å². The van der Waals surface area contributed by atoms with Gasteiger partial charge < -0.3 is 5.32 Å². The van der Waals surface area contributed by atoms with Crippen molar-refractivity contribution in [1.82, 2.24) is 5.32 Å². The molecule has 0 aliphatic heterocycles. The lowest BCUT2D eigenvalue weighted by Gasteiger charge is -2.15. The van der Waals surface area contributed by atoms with E-state index in [0.717, 1.165) is 12.5 Å². The SMILES string of the molecule is CCNCC1C(C)(C)C12CCc1ccc(C)cc12. The minimum Gasteiger partial charge on any atom is -0.317 e. The third-order valence-corrected chi connectivity index (χ3v) is 5.67. The summed E-state index contributed by atoms with van der Waals surface area (Å²) in [6, 6.07) is 7.08. The fourth-order valence-corrected chi connectivity index (χ4v) is 4.51. The molecule has 1 nitrogen and oxygen atoms in total. The molecule has 1 aromatic carbocycles. The Morgan fingerprint density at radius 2 is 2.11 bits per heavy atom. The van der Waals surface area contributed by atoms with Gasteiger partial charge in [0, 0.05) is 5.41 Å². The van der Waals surface area contributed by atoms with Crippen molar-refractivity contribution in [1.29, 1.82) is 0 Å². The van der Waals surface area contributed by atoms with E-state index in [0.29, 0.717) is 10.8 Å². The second kappa shape index (κ2) is 3.84. The minimum atomic E-state index is 0.466. The van der Waals surface area contributed by atoms with Crippen LogP contribution in [0.4, 0.5) is 0 Å². The topological polar surface area (TPSA) is 12.0 Å². The van der Waals surface area contributed by atoms with Gasteiger partial charge in [0.15, 0.2) is 0 Å². The van der Waals surface area contributed by atoms with E-state index >= 15 is 0 Å². The maximum Gasteiger partial charge on any atom is 0.00592 e. The maximum absolute atomic E-state index is 3.56. The second-order valence-electron chi connectivity index (χ2n) is 6.71. The molecule has 0 radical (unpaired) electrons. The Morgan fingerprint density at radius 3 is 2.83 bits per heavy atom. The van der Waals surface area contributed by atoms with Gasteiger partial charge in [-0.2, -0.15) is 0 Å². The summed E-state index contributed by atoms with van der Waals surface area (Å²) >= 11 is 0. The molecule has 0 saturated heterocycles. The van der Waals surface area contributed by atoms with Gasteiger partial charge in [0.2, 0.25) is 0 Å². The van der Waals surface area contributed by atoms with Gasteiger partial charge in [-0.05, 0) is 55.3 Å². The molecule has 0 amide bonds. The van der Waals surface area contributed by atoms with Gasteiger partial charge in [-0.1, -0.05) is 44.5 Å². The van der Waals surface area contributed by atoms with Crippen LogP contribution in [-0.2, 0) is 11.8 Å². The average Bonchev–Trinajstić information content (AvgIpc) is 2.65. The van der Waals surface area contributed by atoms with E-state index in [1.54, 1.807) is 11.1 Å². The fourth-order valence-electron chi connectivity index (χ4n) is 4.51. The fraction of sp³-hybridized carbons (Fsp3) is 0.647. The Hall–Kier alpha value is -0.820. The van der Waals surface area contributed by atoms with E-state index in [1.165, 1.54) is 24.9 Å². The first-order chi connectivity index (χ1) is 8.54. The summed E-state index contributed by atoms with van der Waals surface area (Å²) in [5.41, 5.74) is 5.62. The highest BCUT2D eigenvalue weighted by Gasteiger charge is 2.72. The van der Waals surface area contributed by atoms with Gasteiger partial charge in [-0.25, -0.2) is 0 Å². The van der Waals surface area contributed by atoms with Crippen molar-refractivity contribution in [3.8, 4) is 0 Å². The van der Waals surface area contributed by atoms with Crippen molar-refractivity contribution < 1.29 is 0 Å². The number of fused-ring (bicyclic) bond motifs is 2. The molecule has 1 fully saturated rings. The Morgan fingerprint density at radius 1 is 1.33 bits per heavy atom. The molecule has 98 valence electrons. The molecule has 2 aliphatic rings. The normalized spacial score (nSPS) is 31.7. The predicted molar refractivity (Wildman–Crippen MR) is 77.0 cm³/mol. The lowest BCUT2D eigenvalue weighted by atomic mass is 9.88. The zero-order valence-corrected chi connectivity index (χ0v) is 12.1. The lowest BCUT2D eigenvalue weighted by Crippen LogP contribution is -2.20. The summed E-state index contributed by atoms with van der Waals surface area (Å²) in [5.74, 6) is 0.813. The van der Waals surface area contributed by atoms with E-state index in [-0.39, 0.29) is 0 Å². The molecule has 1 N–H and O–H groups in total. The summed E-state index contributed by atoms with van der Waals surface area (Å²) in [5, 5.41) is 3.56. The molecule has 1 heteroatoms. The third kappa shape index (κ3) is 1.37. The van der Waals surface area contributed by atoms with Crippen molar-refractivity contribution in [3.05, 3.63) is 34.9 Å². The van der Waals surface area contributed by atoms with Crippen LogP contribution in [0.15, 0.2) is 18.2 Å². The summed E-state index contributed by atoms with van der Waals surface area (Å²) in [6.45, 7) is 11.6. The number of aryl methyl sites for hydroxylation is 2. The number of hydrogen-bond acceptors (Lipinski definition) is 1. The zero-order valence-electron chi connectivity index (χ0n) is 12.1. The molecule has 1 aromatic rings. The van der Waals surface area contributed by atoms with Crippen molar-refractivity contribution >= 4 is 0 Å². The van der Waals surface area contributed by atoms with Gasteiger partial charge in [0.25, 0.3) is 0 Å². The van der Waals surface area contributed by atoms with Crippen LogP contribution in [0.5, 0.6) is 0 Å². The molecule has 0 bridgehead atoms. The molecule has 0 aromatic heterocycles. The summed E-state index contributed by atoms with van der Waals surface area (Å²) in [7, 11) is 0. The van der Waals surface area contributed by atoms with E-state index in [2.05, 4.69) is 51.2 Å². The third-order valence-electron chi connectivity index (χ3n) is 5.67. The van der Waals surface area contributed by atoms with Crippen LogP contribution in [0.25, 0.3) is 0 Å². The minimum absolute atomic E-state index is 0.466. The summed E-state index contributed by atoms with van der Waals surface area (Å²) < 4.78 is 0. The summed E-state index contributed by atoms with van der Waals surface area (Å²) in [6.07, 6.45) is 2.64. The Balaban J connectivity index is 1.97. The quantitative estimate of drug-likeness (QED) is 0.857. The monoisotopic (exact) mass is 243 g/mol. The van der Waals surface area contributed by atoms with Gasteiger partial charge >= 0.3 is 0 Å². The van der Waals surface area contributed by atoms with Crippen LogP contribution in [-0.4, -0.2) is 13.1 Å². The molecule has 2 unspecified atom stereocenters. The van der Waals surface area contributed by atoms with Crippen LogP contribution in [0, 0.1) is 18.3 Å². The Bertz CT molecular complexity index is 474. The van der Waals surface area contributed by atoms with Crippen LogP contribution < -0.4 is 5.32 Å². The van der Waals surface area contributed by atoms with Gasteiger partial charge in [-0.15, -0.1) is 0 Å². The predicted octanol–water partition coefficient (Wildman–Crippen LogP) is 3.44. The van der Waals surface area contributed by atoms with E-state index in [9.17, 15) is 0 Å². The highest BCUT2D eigenvalue weighted by Crippen LogP contribution is 2.73. The molecule has 2 atom stereocenters. The first kappa shape index (κ1) is 12.2. The Kier molecular flexibility index (Phi) is 2.60. The number of rotatable bonds is 3. The standard InChI is InChI=1S/C17H25N/c1-5-18-11-15-16(3,4)17(15)9-8-13-7-6-12(2)10-14(13)17/h6-7,10,15,18H,5,8-9,11H2,1-4H3. The average molecular weight is 243 g/mol. The second-order valence-corrected chi connectivity index (χ2v) is 6.71. The number of benzene rings is 1. The first-order valence-corrected chi connectivity index (χ1v) is 7.34. The van der Waals surface area contributed by atoms with Gasteiger partial charge in [-0.3, -0.25) is 0 Å². The lowest BCUT2D eigenvalue weighted by molar-refractivity contribution is 0.489. The van der Waals surface area contributed by atoms with E-state index in [1.807, 2.05) is 0 Å². The molecular weight excluding hydrogens is 218 g/mol. The van der Waals surface area contributed by atoms with E-state index in [4.69, 9.17) is 0 Å². The molecule has 1 spiro atoms. The largest absolute Gasteiger partial charge is 0.317 e. The Labute approximate surface area is 111 Å². The molecule has 18 heavy (non-hydrogen) atoms. The maximum atomic E-state index is 3.56. The van der Waals surface area contributed by atoms with Crippen molar-refractivity contribution in [2.24, 2.45) is 11.3 Å². The molecular formula is C17H25N. The van der Waals surface area contributed by atoms with Gasteiger partial charge in [0.05, 0.1) is 0 Å². The molecule has 0 heterocycles. The highest BCUT2D eigenvalue weighted by atomic mass is 14.9. The van der Waals surface area contributed by atoms with Crippen LogP contribution in [0.3, 0.4) is 0 Å². The molecule has 2 aliphatic carbocycles. The van der Waals surface area contributed by atoms with Gasteiger partial charge in [0.1, 0.15) is 0 Å². The van der Waals surface area contributed by atoms with E-state index < -0.39 is 0 Å². The summed E-state index contributed by atoms with van der Waals surface area (Å²) in [4.78, 5) is 0. The number of nitrogens with one attached hydrogen (secondary N) is 1. The smallest absolute Gasteiger partial charge is 0.00592 e. The first-order valence-electron chi connectivity index (χ1n) is 7.34. The number of hydrogen-bond donors (Lipinski definition) is 1.